The van der Waals surface area contributed by atoms with E-state index in [4.69, 9.17) is 28.4 Å². The molecule has 3 aliphatic rings. The van der Waals surface area contributed by atoms with E-state index in [1.165, 1.54) is 0 Å². The minimum atomic E-state index is -0.312. The fraction of sp³-hybridized carbons (Fsp3) is 0.269. The van der Waals surface area contributed by atoms with E-state index in [0.29, 0.717) is 54.7 Å². The largest absolute Gasteiger partial charge is 0.486 e. The van der Waals surface area contributed by atoms with Crippen LogP contribution in [0.1, 0.15) is 11.1 Å². The van der Waals surface area contributed by atoms with E-state index in [9.17, 15) is 4.79 Å². The lowest BCUT2D eigenvalue weighted by molar-refractivity contribution is 0.171. The Hall–Kier alpha value is -4.27. The minimum Gasteiger partial charge on any atom is -0.486 e. The predicted octanol–water partition coefficient (Wildman–Crippen LogP) is 3.89. The van der Waals surface area contributed by atoms with Gasteiger partial charge in [0.05, 0.1) is 0 Å². The van der Waals surface area contributed by atoms with Crippen molar-refractivity contribution in [3.63, 3.8) is 0 Å². The van der Waals surface area contributed by atoms with Crippen molar-refractivity contribution < 1.29 is 33.2 Å². The smallest absolute Gasteiger partial charge is 0.319 e. The van der Waals surface area contributed by atoms with E-state index >= 15 is 0 Å². The van der Waals surface area contributed by atoms with Gasteiger partial charge in [-0.2, -0.15) is 0 Å². The summed E-state index contributed by atoms with van der Waals surface area (Å²) in [7, 11) is 0. The van der Waals surface area contributed by atoms with Crippen molar-refractivity contribution in [3.8, 4) is 34.5 Å². The molecule has 0 aliphatic carbocycles. The molecule has 6 rings (SSSR count). The fourth-order valence-electron chi connectivity index (χ4n) is 4.35. The van der Waals surface area contributed by atoms with Crippen LogP contribution >= 0.6 is 0 Å². The molecule has 3 aromatic carbocycles. The standard InChI is InChI=1S/C26H24N2O7/c29-26(27-18-3-6-20-25(13-18)31-8-7-30-20)28-19(9-16-1-4-21-23(11-16)34-14-32-21)10-17-2-5-22-24(12-17)35-15-33-22/h1-6,11-13,19H,7-10,14-15H2,(H2,27,28,29). The van der Waals surface area contributed by atoms with Gasteiger partial charge in [-0.1, -0.05) is 12.1 Å². The number of anilines is 1. The van der Waals surface area contributed by atoms with Crippen molar-refractivity contribution >= 4 is 11.7 Å². The lowest BCUT2D eigenvalue weighted by Gasteiger charge is -2.21. The average molecular weight is 476 g/mol. The summed E-state index contributed by atoms with van der Waals surface area (Å²) in [4.78, 5) is 13.0. The van der Waals surface area contributed by atoms with E-state index < -0.39 is 0 Å². The van der Waals surface area contributed by atoms with Crippen LogP contribution in [0.25, 0.3) is 0 Å². The summed E-state index contributed by atoms with van der Waals surface area (Å²) in [6.45, 7) is 1.43. The normalized spacial score (nSPS) is 14.7. The molecule has 0 spiro atoms. The van der Waals surface area contributed by atoms with E-state index in [0.717, 1.165) is 22.6 Å². The van der Waals surface area contributed by atoms with Crippen LogP contribution in [-0.4, -0.2) is 38.9 Å². The summed E-state index contributed by atoms with van der Waals surface area (Å²) in [6.07, 6.45) is 1.19. The van der Waals surface area contributed by atoms with E-state index in [1.807, 2.05) is 36.4 Å². The molecule has 0 unspecified atom stereocenters. The Morgan fingerprint density at radius 2 is 1.17 bits per heavy atom. The first-order chi connectivity index (χ1) is 17.2. The number of fused-ring (bicyclic) bond motifs is 3. The van der Waals surface area contributed by atoms with Crippen molar-refractivity contribution in [2.24, 2.45) is 0 Å². The van der Waals surface area contributed by atoms with Gasteiger partial charge >= 0.3 is 6.03 Å². The third-order valence-electron chi connectivity index (χ3n) is 5.97. The molecular weight excluding hydrogens is 452 g/mol. The first-order valence-electron chi connectivity index (χ1n) is 11.4. The van der Waals surface area contributed by atoms with Crippen LogP contribution in [0.15, 0.2) is 54.6 Å². The van der Waals surface area contributed by atoms with E-state index in [-0.39, 0.29) is 25.7 Å². The SMILES string of the molecule is O=C(Nc1ccc2c(c1)OCCO2)NC(Cc1ccc2c(c1)OCO2)Cc1ccc2c(c1)OCO2. The zero-order valence-corrected chi connectivity index (χ0v) is 18.9. The van der Waals surface area contributed by atoms with Gasteiger partial charge in [0.1, 0.15) is 13.2 Å². The molecular formula is C26H24N2O7. The van der Waals surface area contributed by atoms with Crippen LogP contribution in [-0.2, 0) is 12.8 Å². The summed E-state index contributed by atoms with van der Waals surface area (Å²) in [5, 5.41) is 6.01. The molecule has 0 radical (unpaired) electrons. The van der Waals surface area contributed by atoms with Crippen LogP contribution < -0.4 is 39.1 Å². The molecule has 0 saturated carbocycles. The zero-order valence-electron chi connectivity index (χ0n) is 18.9. The molecule has 2 N–H and O–H groups in total. The van der Waals surface area contributed by atoms with Gasteiger partial charge in [0.15, 0.2) is 34.5 Å². The Morgan fingerprint density at radius 3 is 1.83 bits per heavy atom. The van der Waals surface area contributed by atoms with Gasteiger partial charge in [-0.05, 0) is 60.4 Å². The summed E-state index contributed by atoms with van der Waals surface area (Å²) in [6, 6.07) is 16.5. The van der Waals surface area contributed by atoms with Crippen LogP contribution in [0.4, 0.5) is 10.5 Å². The van der Waals surface area contributed by atoms with Crippen LogP contribution in [0.3, 0.4) is 0 Å². The molecule has 9 heteroatoms. The van der Waals surface area contributed by atoms with Crippen molar-refractivity contribution in [3.05, 3.63) is 65.7 Å². The highest BCUT2D eigenvalue weighted by atomic mass is 16.7. The Balaban J connectivity index is 1.18. The van der Waals surface area contributed by atoms with E-state index in [1.54, 1.807) is 18.2 Å². The maximum absolute atomic E-state index is 13.0. The average Bonchev–Trinajstić information content (AvgIpc) is 3.52. The molecule has 3 aromatic rings. The third-order valence-corrected chi connectivity index (χ3v) is 5.97. The van der Waals surface area contributed by atoms with Crippen LogP contribution in [0.2, 0.25) is 0 Å². The number of hydrogen-bond donors (Lipinski definition) is 2. The van der Waals surface area contributed by atoms with Crippen molar-refractivity contribution in [1.29, 1.82) is 0 Å². The second kappa shape index (κ2) is 9.17. The third kappa shape index (κ3) is 4.70. The Morgan fingerprint density at radius 1 is 0.657 bits per heavy atom. The molecule has 0 aromatic heterocycles. The van der Waals surface area contributed by atoms with Gasteiger partial charge in [-0.15, -0.1) is 0 Å². The number of carbonyl (C=O) groups is 1. The Labute approximate surface area is 201 Å². The Kier molecular flexibility index (Phi) is 5.57. The zero-order chi connectivity index (χ0) is 23.6. The van der Waals surface area contributed by atoms with Crippen molar-refractivity contribution in [2.75, 3.05) is 32.1 Å². The van der Waals surface area contributed by atoms with Gasteiger partial charge in [0, 0.05) is 17.8 Å². The summed E-state index contributed by atoms with van der Waals surface area (Å²) in [5.74, 6) is 4.17. The lowest BCUT2D eigenvalue weighted by atomic mass is 9.98. The lowest BCUT2D eigenvalue weighted by Crippen LogP contribution is -2.40. The van der Waals surface area contributed by atoms with Crippen LogP contribution in [0.5, 0.6) is 34.5 Å². The Bertz CT molecular complexity index is 1200. The van der Waals surface area contributed by atoms with Gasteiger partial charge < -0.3 is 39.1 Å². The summed E-state index contributed by atoms with van der Waals surface area (Å²) in [5.41, 5.74) is 2.68. The van der Waals surface area contributed by atoms with Crippen molar-refractivity contribution in [2.45, 2.75) is 18.9 Å². The number of ether oxygens (including phenoxy) is 6. The predicted molar refractivity (Wildman–Crippen MR) is 126 cm³/mol. The maximum Gasteiger partial charge on any atom is 0.319 e. The highest BCUT2D eigenvalue weighted by molar-refractivity contribution is 5.90. The highest BCUT2D eigenvalue weighted by Crippen LogP contribution is 2.35. The minimum absolute atomic E-state index is 0.201. The topological polar surface area (TPSA) is 96.5 Å². The molecule has 3 aliphatic heterocycles. The molecule has 2 amide bonds. The maximum atomic E-state index is 13.0. The first kappa shape index (κ1) is 21.3. The molecule has 3 heterocycles. The van der Waals surface area contributed by atoms with E-state index in [2.05, 4.69) is 10.6 Å². The monoisotopic (exact) mass is 476 g/mol. The van der Waals surface area contributed by atoms with Gasteiger partial charge in [0.25, 0.3) is 0 Å². The second-order valence-electron chi connectivity index (χ2n) is 8.44. The number of carbonyl (C=O) groups excluding carboxylic acids is 1. The second-order valence-corrected chi connectivity index (χ2v) is 8.44. The molecule has 0 atom stereocenters. The molecule has 0 saturated heterocycles. The van der Waals surface area contributed by atoms with Gasteiger partial charge in [0.2, 0.25) is 13.6 Å². The number of benzene rings is 3. The molecule has 0 bridgehead atoms. The first-order valence-corrected chi connectivity index (χ1v) is 11.4. The van der Waals surface area contributed by atoms with Gasteiger partial charge in [-0.25, -0.2) is 4.79 Å². The fourth-order valence-corrected chi connectivity index (χ4v) is 4.35. The quantitative estimate of drug-likeness (QED) is 0.557. The molecule has 0 fully saturated rings. The number of hydrogen-bond acceptors (Lipinski definition) is 7. The number of rotatable bonds is 6. The van der Waals surface area contributed by atoms with Crippen molar-refractivity contribution in [1.82, 2.24) is 5.32 Å². The highest BCUT2D eigenvalue weighted by Gasteiger charge is 2.20. The summed E-state index contributed by atoms with van der Waals surface area (Å²) >= 11 is 0. The number of amides is 2. The molecule has 9 nitrogen and oxygen atoms in total. The molecule has 180 valence electrons. The molecule has 35 heavy (non-hydrogen) atoms. The summed E-state index contributed by atoms with van der Waals surface area (Å²) < 4.78 is 33.1. The van der Waals surface area contributed by atoms with Crippen LogP contribution in [0, 0.1) is 0 Å². The number of nitrogens with one attached hydrogen (secondary N) is 2. The van der Waals surface area contributed by atoms with Gasteiger partial charge in [-0.3, -0.25) is 0 Å². The number of urea groups is 1.